The van der Waals surface area contributed by atoms with Gasteiger partial charge in [0.1, 0.15) is 0 Å². The van der Waals surface area contributed by atoms with E-state index < -0.39 is 6.43 Å². The number of nitrogens with one attached hydrogen (secondary N) is 1. The molecule has 0 radical (unpaired) electrons. The van der Waals surface area contributed by atoms with E-state index in [-0.39, 0.29) is 11.3 Å². The molecule has 1 rings (SSSR count). The van der Waals surface area contributed by atoms with Crippen LogP contribution < -0.4 is 5.32 Å². The van der Waals surface area contributed by atoms with Crippen molar-refractivity contribution in [1.29, 1.82) is 0 Å². The quantitative estimate of drug-likeness (QED) is 0.788. The third-order valence-corrected chi connectivity index (χ3v) is 2.79. The van der Waals surface area contributed by atoms with Crippen molar-refractivity contribution in [1.82, 2.24) is 25.5 Å². The first kappa shape index (κ1) is 14.3. The SMILES string of the molecule is CC(C)(C)NCCn1nnnc1SCC(F)F. The molecular weight excluding hydrogens is 248 g/mol. The molecule has 1 aromatic heterocycles. The molecule has 0 aliphatic heterocycles. The second-order valence-corrected chi connectivity index (χ2v) is 5.55. The summed E-state index contributed by atoms with van der Waals surface area (Å²) in [7, 11) is 0. The maximum atomic E-state index is 12.1. The Balaban J connectivity index is 2.40. The predicted octanol–water partition coefficient (Wildman–Crippen LogP) is 1.42. The third kappa shape index (κ3) is 5.92. The first-order valence-electron chi connectivity index (χ1n) is 5.30. The number of aromatic nitrogens is 4. The van der Waals surface area contributed by atoms with Gasteiger partial charge in [0, 0.05) is 12.1 Å². The van der Waals surface area contributed by atoms with Crippen molar-refractivity contribution < 1.29 is 8.78 Å². The fourth-order valence-electron chi connectivity index (χ4n) is 1.11. The summed E-state index contributed by atoms with van der Waals surface area (Å²) in [6, 6.07) is 0. The molecule has 1 heterocycles. The monoisotopic (exact) mass is 265 g/mol. The Labute approximate surface area is 103 Å². The van der Waals surface area contributed by atoms with Gasteiger partial charge in [-0.2, -0.15) is 0 Å². The molecule has 5 nitrogen and oxygen atoms in total. The minimum absolute atomic E-state index is 0.0181. The predicted molar refractivity (Wildman–Crippen MR) is 62.3 cm³/mol. The van der Waals surface area contributed by atoms with Gasteiger partial charge in [-0.1, -0.05) is 11.8 Å². The molecule has 0 fully saturated rings. The molecule has 0 aromatic carbocycles. The minimum Gasteiger partial charge on any atom is -0.310 e. The number of nitrogens with zero attached hydrogens (tertiary/aromatic N) is 4. The molecule has 1 aromatic rings. The van der Waals surface area contributed by atoms with Crippen LogP contribution in [0, 0.1) is 0 Å². The number of rotatable bonds is 6. The number of thioether (sulfide) groups is 1. The van der Waals surface area contributed by atoms with Gasteiger partial charge in [0.2, 0.25) is 11.6 Å². The zero-order chi connectivity index (χ0) is 12.9. The first-order chi connectivity index (χ1) is 7.88. The Morgan fingerprint density at radius 1 is 1.41 bits per heavy atom. The van der Waals surface area contributed by atoms with E-state index in [0.717, 1.165) is 11.8 Å². The summed E-state index contributed by atoms with van der Waals surface area (Å²) in [5, 5.41) is 14.7. The van der Waals surface area contributed by atoms with Crippen LogP contribution in [0.4, 0.5) is 8.78 Å². The second-order valence-electron chi connectivity index (χ2n) is 4.56. The molecule has 0 atom stereocenters. The van der Waals surface area contributed by atoms with Gasteiger partial charge in [-0.15, -0.1) is 5.10 Å². The Hall–Kier alpha value is -0.760. The van der Waals surface area contributed by atoms with Gasteiger partial charge < -0.3 is 5.32 Å². The Kier molecular flexibility index (Phi) is 5.26. The van der Waals surface area contributed by atoms with Crippen LogP contribution in [0.25, 0.3) is 0 Å². The Morgan fingerprint density at radius 3 is 2.71 bits per heavy atom. The molecule has 1 N–H and O–H groups in total. The fourth-order valence-corrected chi connectivity index (χ4v) is 1.76. The van der Waals surface area contributed by atoms with Crippen LogP contribution in [-0.4, -0.2) is 44.5 Å². The molecule has 0 amide bonds. The van der Waals surface area contributed by atoms with Crippen LogP contribution in [0.1, 0.15) is 20.8 Å². The molecule has 98 valence electrons. The third-order valence-electron chi connectivity index (χ3n) is 1.82. The molecule has 17 heavy (non-hydrogen) atoms. The van der Waals surface area contributed by atoms with Gasteiger partial charge >= 0.3 is 0 Å². The molecule has 0 unspecified atom stereocenters. The van der Waals surface area contributed by atoms with Crippen LogP contribution in [0.2, 0.25) is 0 Å². The first-order valence-corrected chi connectivity index (χ1v) is 6.29. The molecule has 0 aliphatic carbocycles. The maximum absolute atomic E-state index is 12.1. The highest BCUT2D eigenvalue weighted by Crippen LogP contribution is 2.16. The number of halogens is 2. The molecule has 0 saturated carbocycles. The van der Waals surface area contributed by atoms with Crippen molar-refractivity contribution in [3.05, 3.63) is 0 Å². The van der Waals surface area contributed by atoms with E-state index in [4.69, 9.17) is 0 Å². The lowest BCUT2D eigenvalue weighted by molar-refractivity contribution is 0.176. The van der Waals surface area contributed by atoms with Gasteiger partial charge in [-0.05, 0) is 31.2 Å². The molecule has 0 saturated heterocycles. The summed E-state index contributed by atoms with van der Waals surface area (Å²) in [4.78, 5) is 0. The standard InChI is InChI=1S/C9H17F2N5S/c1-9(2,3)12-4-5-16-8(13-14-15-16)17-6-7(10)11/h7,12H,4-6H2,1-3H3. The summed E-state index contributed by atoms with van der Waals surface area (Å²) >= 11 is 0.969. The van der Waals surface area contributed by atoms with Crippen molar-refractivity contribution in [2.75, 3.05) is 12.3 Å². The van der Waals surface area contributed by atoms with Crippen molar-refractivity contribution in [3.8, 4) is 0 Å². The highest BCUT2D eigenvalue weighted by Gasteiger charge is 2.12. The average Bonchev–Trinajstić information content (AvgIpc) is 2.60. The lowest BCUT2D eigenvalue weighted by Crippen LogP contribution is -2.38. The highest BCUT2D eigenvalue weighted by molar-refractivity contribution is 7.99. The van der Waals surface area contributed by atoms with E-state index in [0.29, 0.717) is 18.2 Å². The number of hydrogen-bond acceptors (Lipinski definition) is 5. The molecular formula is C9H17F2N5S. The zero-order valence-corrected chi connectivity index (χ0v) is 11.0. The second kappa shape index (κ2) is 6.25. The van der Waals surface area contributed by atoms with E-state index in [1.807, 2.05) is 0 Å². The number of hydrogen-bond donors (Lipinski definition) is 1. The summed E-state index contributed by atoms with van der Waals surface area (Å²) in [5.41, 5.74) is 0.0181. The molecule has 8 heteroatoms. The van der Waals surface area contributed by atoms with Crippen molar-refractivity contribution in [2.45, 2.75) is 44.4 Å². The van der Waals surface area contributed by atoms with Crippen molar-refractivity contribution >= 4 is 11.8 Å². The van der Waals surface area contributed by atoms with Gasteiger partial charge in [0.25, 0.3) is 0 Å². The summed E-state index contributed by atoms with van der Waals surface area (Å²) < 4.78 is 25.6. The van der Waals surface area contributed by atoms with Gasteiger partial charge in [0.15, 0.2) is 0 Å². The van der Waals surface area contributed by atoms with Gasteiger partial charge in [0.05, 0.1) is 12.3 Å². The molecule has 0 bridgehead atoms. The largest absolute Gasteiger partial charge is 0.310 e. The van der Waals surface area contributed by atoms with E-state index in [9.17, 15) is 8.78 Å². The van der Waals surface area contributed by atoms with Crippen molar-refractivity contribution in [2.24, 2.45) is 0 Å². The normalized spacial score (nSPS) is 12.4. The van der Waals surface area contributed by atoms with E-state index in [2.05, 4.69) is 41.6 Å². The van der Waals surface area contributed by atoms with Gasteiger partial charge in [-0.25, -0.2) is 13.5 Å². The Bertz CT molecular complexity index is 336. The van der Waals surface area contributed by atoms with Crippen LogP contribution in [0.15, 0.2) is 5.16 Å². The van der Waals surface area contributed by atoms with Crippen LogP contribution in [0.5, 0.6) is 0 Å². The van der Waals surface area contributed by atoms with Gasteiger partial charge in [-0.3, -0.25) is 0 Å². The fraction of sp³-hybridized carbons (Fsp3) is 0.889. The lowest BCUT2D eigenvalue weighted by Gasteiger charge is -2.20. The summed E-state index contributed by atoms with van der Waals surface area (Å²) in [6.07, 6.45) is -2.35. The topological polar surface area (TPSA) is 55.6 Å². The molecule has 0 aliphatic rings. The minimum atomic E-state index is -2.35. The van der Waals surface area contributed by atoms with E-state index in [1.165, 1.54) is 4.68 Å². The van der Waals surface area contributed by atoms with E-state index in [1.54, 1.807) is 0 Å². The van der Waals surface area contributed by atoms with Crippen LogP contribution in [0.3, 0.4) is 0 Å². The summed E-state index contributed by atoms with van der Waals surface area (Å²) in [5.74, 6) is -0.285. The zero-order valence-electron chi connectivity index (χ0n) is 10.2. The Morgan fingerprint density at radius 2 is 2.12 bits per heavy atom. The van der Waals surface area contributed by atoms with Crippen LogP contribution >= 0.6 is 11.8 Å². The molecule has 0 spiro atoms. The summed E-state index contributed by atoms with van der Waals surface area (Å²) in [6.45, 7) is 7.42. The maximum Gasteiger partial charge on any atom is 0.248 e. The smallest absolute Gasteiger partial charge is 0.248 e. The average molecular weight is 265 g/mol. The lowest BCUT2D eigenvalue weighted by atomic mass is 10.1. The highest BCUT2D eigenvalue weighted by atomic mass is 32.2. The van der Waals surface area contributed by atoms with Crippen molar-refractivity contribution in [3.63, 3.8) is 0 Å². The number of tetrazole rings is 1. The number of alkyl halides is 2. The van der Waals surface area contributed by atoms with Crippen LogP contribution in [-0.2, 0) is 6.54 Å². The van der Waals surface area contributed by atoms with E-state index >= 15 is 0 Å².